The van der Waals surface area contributed by atoms with Crippen LogP contribution in [0.4, 0.5) is 0 Å². The lowest BCUT2D eigenvalue weighted by atomic mass is 10.1. The van der Waals surface area contributed by atoms with E-state index in [-0.39, 0.29) is 5.91 Å². The van der Waals surface area contributed by atoms with Crippen molar-refractivity contribution in [3.05, 3.63) is 70.2 Å². The number of hydrogen-bond donors (Lipinski definition) is 0. The zero-order valence-corrected chi connectivity index (χ0v) is 15.0. The Balaban J connectivity index is 1.73. The Morgan fingerprint density at radius 1 is 1.09 bits per heavy atom. The molecule has 1 aliphatic rings. The summed E-state index contributed by atoms with van der Waals surface area (Å²) >= 11 is 3.44. The second-order valence-corrected chi connectivity index (χ2v) is 7.30. The van der Waals surface area contributed by atoms with Gasteiger partial charge in [0.25, 0.3) is 0 Å². The largest absolute Gasteiger partial charge is 0.335 e. The van der Waals surface area contributed by atoms with Crippen molar-refractivity contribution < 1.29 is 4.79 Å². The lowest BCUT2D eigenvalue weighted by Gasteiger charge is -2.30. The van der Waals surface area contributed by atoms with E-state index in [9.17, 15) is 4.79 Å². The summed E-state index contributed by atoms with van der Waals surface area (Å²) in [6.07, 6.45) is 2.97. The van der Waals surface area contributed by atoms with Gasteiger partial charge in [0.1, 0.15) is 0 Å². The molecule has 3 heteroatoms. The molecule has 1 amide bonds. The molecule has 1 atom stereocenters. The fourth-order valence-electron chi connectivity index (χ4n) is 2.95. The third kappa shape index (κ3) is 4.44. The average Bonchev–Trinajstić information content (AvgIpc) is 3.40. The lowest BCUT2D eigenvalue weighted by Crippen LogP contribution is -2.40. The quantitative estimate of drug-likeness (QED) is 0.712. The lowest BCUT2D eigenvalue weighted by molar-refractivity contribution is -0.133. The fourth-order valence-corrected chi connectivity index (χ4v) is 3.22. The number of nitrogens with zero attached hydrogens (tertiary/aromatic N) is 1. The van der Waals surface area contributed by atoms with Crippen LogP contribution in [0.5, 0.6) is 0 Å². The van der Waals surface area contributed by atoms with Crippen molar-refractivity contribution in [3.8, 4) is 0 Å². The topological polar surface area (TPSA) is 20.3 Å². The minimum Gasteiger partial charge on any atom is -0.335 e. The Morgan fingerprint density at radius 3 is 2.35 bits per heavy atom. The van der Waals surface area contributed by atoms with Gasteiger partial charge in [0.15, 0.2) is 0 Å². The normalized spacial score (nSPS) is 15.2. The summed E-state index contributed by atoms with van der Waals surface area (Å²) in [5, 5.41) is 0. The molecular formula is C20H22BrNO. The number of benzene rings is 2. The molecule has 2 aromatic carbocycles. The molecule has 23 heavy (non-hydrogen) atoms. The molecule has 1 aliphatic carbocycles. The van der Waals surface area contributed by atoms with Crippen LogP contribution in [0.1, 0.15) is 30.9 Å². The van der Waals surface area contributed by atoms with Crippen LogP contribution in [-0.4, -0.2) is 16.8 Å². The van der Waals surface area contributed by atoms with Gasteiger partial charge in [0.05, 0.1) is 6.42 Å². The van der Waals surface area contributed by atoms with E-state index in [0.717, 1.165) is 10.0 Å². The highest BCUT2D eigenvalue weighted by atomic mass is 79.9. The first-order valence-corrected chi connectivity index (χ1v) is 9.00. The molecule has 0 N–H and O–H groups in total. The maximum Gasteiger partial charge on any atom is 0.227 e. The molecule has 2 nitrogen and oxygen atoms in total. The Morgan fingerprint density at radius 2 is 1.74 bits per heavy atom. The van der Waals surface area contributed by atoms with Gasteiger partial charge in [0, 0.05) is 17.1 Å². The number of hydrogen-bond acceptors (Lipinski definition) is 1. The summed E-state index contributed by atoms with van der Waals surface area (Å²) in [5.41, 5.74) is 2.27. The SMILES string of the molecule is CC(C1CC1)N(Cc1ccccc1)C(=O)Cc1ccc(Br)cc1. The predicted molar refractivity (Wildman–Crippen MR) is 97.0 cm³/mol. The van der Waals surface area contributed by atoms with E-state index in [2.05, 4.69) is 39.9 Å². The van der Waals surface area contributed by atoms with Gasteiger partial charge < -0.3 is 4.90 Å². The molecule has 1 saturated carbocycles. The monoisotopic (exact) mass is 371 g/mol. The van der Waals surface area contributed by atoms with Gasteiger partial charge in [-0.2, -0.15) is 0 Å². The van der Waals surface area contributed by atoms with Crippen LogP contribution in [0.2, 0.25) is 0 Å². The van der Waals surface area contributed by atoms with Crippen molar-refractivity contribution >= 4 is 21.8 Å². The maximum absolute atomic E-state index is 12.9. The van der Waals surface area contributed by atoms with Crippen LogP contribution >= 0.6 is 15.9 Å². The smallest absolute Gasteiger partial charge is 0.227 e. The van der Waals surface area contributed by atoms with E-state index in [0.29, 0.717) is 24.9 Å². The van der Waals surface area contributed by atoms with Gasteiger partial charge >= 0.3 is 0 Å². The zero-order valence-electron chi connectivity index (χ0n) is 13.4. The van der Waals surface area contributed by atoms with E-state index >= 15 is 0 Å². The van der Waals surface area contributed by atoms with Crippen LogP contribution in [-0.2, 0) is 17.8 Å². The second kappa shape index (κ2) is 7.31. The van der Waals surface area contributed by atoms with Crippen molar-refractivity contribution in [1.82, 2.24) is 4.90 Å². The minimum atomic E-state index is 0.218. The van der Waals surface area contributed by atoms with Crippen LogP contribution in [0, 0.1) is 5.92 Å². The van der Waals surface area contributed by atoms with Crippen molar-refractivity contribution in [3.63, 3.8) is 0 Å². The van der Waals surface area contributed by atoms with Crippen LogP contribution < -0.4 is 0 Å². The third-order valence-corrected chi connectivity index (χ3v) is 5.11. The maximum atomic E-state index is 12.9. The highest BCUT2D eigenvalue weighted by Crippen LogP contribution is 2.36. The number of carbonyl (C=O) groups is 1. The summed E-state index contributed by atoms with van der Waals surface area (Å²) < 4.78 is 1.04. The van der Waals surface area contributed by atoms with Gasteiger partial charge in [-0.1, -0.05) is 58.4 Å². The molecule has 1 unspecified atom stereocenters. The van der Waals surface area contributed by atoms with E-state index < -0.39 is 0 Å². The number of rotatable bonds is 6. The highest BCUT2D eigenvalue weighted by molar-refractivity contribution is 9.10. The first-order valence-electron chi connectivity index (χ1n) is 8.21. The van der Waals surface area contributed by atoms with Gasteiger partial charge in [-0.3, -0.25) is 4.79 Å². The minimum absolute atomic E-state index is 0.218. The van der Waals surface area contributed by atoms with E-state index in [4.69, 9.17) is 0 Å². The van der Waals surface area contributed by atoms with E-state index in [1.54, 1.807) is 0 Å². The van der Waals surface area contributed by atoms with Crippen molar-refractivity contribution in [1.29, 1.82) is 0 Å². The molecule has 0 spiro atoms. The second-order valence-electron chi connectivity index (χ2n) is 6.39. The first kappa shape index (κ1) is 16.3. The van der Waals surface area contributed by atoms with Gasteiger partial charge in [-0.15, -0.1) is 0 Å². The van der Waals surface area contributed by atoms with Crippen molar-refractivity contribution in [2.45, 2.75) is 38.8 Å². The predicted octanol–water partition coefficient (Wildman–Crippen LogP) is 4.82. The number of amides is 1. The van der Waals surface area contributed by atoms with Crippen molar-refractivity contribution in [2.75, 3.05) is 0 Å². The van der Waals surface area contributed by atoms with Gasteiger partial charge in [-0.05, 0) is 48.9 Å². The van der Waals surface area contributed by atoms with E-state index in [1.165, 1.54) is 18.4 Å². The molecule has 0 saturated heterocycles. The highest BCUT2D eigenvalue weighted by Gasteiger charge is 2.34. The summed E-state index contributed by atoms with van der Waals surface area (Å²) in [6, 6.07) is 18.6. The molecule has 0 bridgehead atoms. The van der Waals surface area contributed by atoms with Crippen LogP contribution in [0.3, 0.4) is 0 Å². The number of carbonyl (C=O) groups excluding carboxylic acids is 1. The summed E-state index contributed by atoms with van der Waals surface area (Å²) in [4.78, 5) is 15.0. The molecule has 3 rings (SSSR count). The number of halogens is 1. The van der Waals surface area contributed by atoms with E-state index in [1.807, 2.05) is 42.5 Å². The first-order chi connectivity index (χ1) is 11.1. The summed E-state index contributed by atoms with van der Waals surface area (Å²) in [6.45, 7) is 2.90. The Bertz CT molecular complexity index is 649. The molecule has 0 aliphatic heterocycles. The average molecular weight is 372 g/mol. The van der Waals surface area contributed by atoms with Gasteiger partial charge in [-0.25, -0.2) is 0 Å². The zero-order chi connectivity index (χ0) is 16.2. The molecular weight excluding hydrogens is 350 g/mol. The standard InChI is InChI=1S/C20H22BrNO/c1-15(18-9-10-18)22(14-17-5-3-2-4-6-17)20(23)13-16-7-11-19(21)12-8-16/h2-8,11-12,15,18H,9-10,13-14H2,1H3. The summed E-state index contributed by atoms with van der Waals surface area (Å²) in [5.74, 6) is 0.892. The molecule has 2 aromatic rings. The molecule has 0 heterocycles. The molecule has 0 aromatic heterocycles. The molecule has 120 valence electrons. The summed E-state index contributed by atoms with van der Waals surface area (Å²) in [7, 11) is 0. The molecule has 1 fully saturated rings. The molecule has 0 radical (unpaired) electrons. The fraction of sp³-hybridized carbons (Fsp3) is 0.350. The van der Waals surface area contributed by atoms with Gasteiger partial charge in [0.2, 0.25) is 5.91 Å². The Hall–Kier alpha value is -1.61. The van der Waals surface area contributed by atoms with Crippen LogP contribution in [0.15, 0.2) is 59.1 Å². The third-order valence-electron chi connectivity index (χ3n) is 4.58. The Kier molecular flexibility index (Phi) is 5.16. The van der Waals surface area contributed by atoms with Crippen molar-refractivity contribution in [2.24, 2.45) is 5.92 Å². The Labute approximate surface area is 146 Å². The van der Waals surface area contributed by atoms with Crippen LogP contribution in [0.25, 0.3) is 0 Å².